The smallest absolute Gasteiger partial charge is 0.269 e. The molecule has 1 N–H and O–H groups in total. The van der Waals surface area contributed by atoms with Crippen LogP contribution in [0.25, 0.3) is 27.7 Å². The second kappa shape index (κ2) is 12.1. The normalized spacial score (nSPS) is 19.4. The second-order valence-electron chi connectivity index (χ2n) is 12.9. The molecule has 3 fully saturated rings. The first kappa shape index (κ1) is 31.2. The lowest BCUT2D eigenvalue weighted by Gasteiger charge is -2.56. The molecule has 248 valence electrons. The Morgan fingerprint density at radius 2 is 1.84 bits per heavy atom. The molecule has 3 saturated heterocycles. The lowest BCUT2D eigenvalue weighted by atomic mass is 9.86. The molecule has 3 aromatic heterocycles. The summed E-state index contributed by atoms with van der Waals surface area (Å²) in [6, 6.07) is 19.2. The number of hydrogen-bond acceptors (Lipinski definition) is 9. The van der Waals surface area contributed by atoms with Crippen LogP contribution in [0, 0.1) is 24.1 Å². The number of phenols is 1. The fourth-order valence-electron chi connectivity index (χ4n) is 7.29. The number of pyridine rings is 2. The van der Waals surface area contributed by atoms with E-state index in [1.54, 1.807) is 30.5 Å². The van der Waals surface area contributed by atoms with Crippen molar-refractivity contribution in [1.82, 2.24) is 18.8 Å². The number of nitriles is 1. The van der Waals surface area contributed by atoms with Gasteiger partial charge in [0, 0.05) is 66.2 Å². The van der Waals surface area contributed by atoms with E-state index in [0.29, 0.717) is 59.5 Å². The van der Waals surface area contributed by atoms with Gasteiger partial charge < -0.3 is 14.7 Å². The molecule has 5 aromatic rings. The summed E-state index contributed by atoms with van der Waals surface area (Å²) in [7, 11) is -4.06. The van der Waals surface area contributed by atoms with Crippen LogP contribution in [0.3, 0.4) is 0 Å². The Labute approximate surface area is 283 Å². The minimum Gasteiger partial charge on any atom is -0.508 e. The minimum atomic E-state index is -4.06. The quantitative estimate of drug-likeness (QED) is 0.234. The van der Waals surface area contributed by atoms with Crippen LogP contribution < -0.4 is 4.90 Å². The molecule has 2 unspecified atom stereocenters. The number of fused-ring (bicyclic) bond motifs is 3. The first-order valence-electron chi connectivity index (χ1n) is 16.2. The molecule has 2 atom stereocenters. The van der Waals surface area contributed by atoms with Crippen LogP contribution in [-0.4, -0.2) is 70.8 Å². The molecular formula is C37H33FN6O4S. The summed E-state index contributed by atoms with van der Waals surface area (Å²) in [6.07, 6.45) is 6.61. The molecule has 9 rings (SSSR count). The summed E-state index contributed by atoms with van der Waals surface area (Å²) in [6.45, 7) is 4.71. The third-order valence-electron chi connectivity index (χ3n) is 9.86. The average molecular weight is 677 g/mol. The Morgan fingerprint density at radius 1 is 1.04 bits per heavy atom. The Balaban J connectivity index is 1.14. The van der Waals surface area contributed by atoms with Crippen molar-refractivity contribution in [3.05, 3.63) is 107 Å². The minimum absolute atomic E-state index is 0.0992. The average Bonchev–Trinajstić information content (AvgIpc) is 3.53. The zero-order valence-corrected chi connectivity index (χ0v) is 27.6. The van der Waals surface area contributed by atoms with Gasteiger partial charge >= 0.3 is 0 Å². The molecule has 0 amide bonds. The van der Waals surface area contributed by atoms with Crippen molar-refractivity contribution in [3.63, 3.8) is 0 Å². The predicted octanol–water partition coefficient (Wildman–Crippen LogP) is 5.63. The third kappa shape index (κ3) is 5.44. The van der Waals surface area contributed by atoms with Crippen LogP contribution in [0.4, 0.5) is 10.2 Å². The fourth-order valence-corrected chi connectivity index (χ4v) is 8.79. The van der Waals surface area contributed by atoms with E-state index in [2.05, 4.69) is 20.9 Å². The number of halogens is 1. The van der Waals surface area contributed by atoms with Gasteiger partial charge in [0.2, 0.25) is 0 Å². The van der Waals surface area contributed by atoms with Crippen LogP contribution in [0.2, 0.25) is 0 Å². The van der Waals surface area contributed by atoms with Gasteiger partial charge in [-0.15, -0.1) is 0 Å². The fraction of sp³-hybridized carbons (Fsp3) is 0.270. The molecule has 0 aliphatic carbocycles. The van der Waals surface area contributed by atoms with Gasteiger partial charge in [-0.2, -0.15) is 5.26 Å². The van der Waals surface area contributed by atoms with Crippen LogP contribution in [0.5, 0.6) is 5.75 Å². The van der Waals surface area contributed by atoms with E-state index in [1.807, 2.05) is 31.2 Å². The summed E-state index contributed by atoms with van der Waals surface area (Å²) < 4.78 is 49.1. The highest BCUT2D eigenvalue weighted by atomic mass is 32.2. The topological polar surface area (TPSA) is 125 Å². The number of aryl methyl sites for hydroxylation is 1. The van der Waals surface area contributed by atoms with Crippen molar-refractivity contribution in [2.75, 3.05) is 31.2 Å². The number of benzene rings is 2. The summed E-state index contributed by atoms with van der Waals surface area (Å²) >= 11 is 0. The van der Waals surface area contributed by atoms with Crippen LogP contribution >= 0.6 is 0 Å². The largest absolute Gasteiger partial charge is 0.508 e. The van der Waals surface area contributed by atoms with E-state index in [-0.39, 0.29) is 34.2 Å². The van der Waals surface area contributed by atoms with E-state index in [4.69, 9.17) is 9.72 Å². The van der Waals surface area contributed by atoms with E-state index < -0.39 is 10.0 Å². The van der Waals surface area contributed by atoms with Crippen molar-refractivity contribution < 1.29 is 22.7 Å². The van der Waals surface area contributed by atoms with Gasteiger partial charge in [-0.1, -0.05) is 23.8 Å². The molecule has 2 aromatic carbocycles. The monoisotopic (exact) mass is 676 g/mol. The van der Waals surface area contributed by atoms with E-state index in [1.165, 1.54) is 28.4 Å². The third-order valence-corrected chi connectivity index (χ3v) is 11.6. The van der Waals surface area contributed by atoms with Crippen molar-refractivity contribution in [2.45, 2.75) is 43.3 Å². The van der Waals surface area contributed by atoms with Gasteiger partial charge in [0.15, 0.2) is 5.65 Å². The number of piperazine rings is 1. The summed E-state index contributed by atoms with van der Waals surface area (Å²) in [4.78, 5) is 14.0. The molecule has 7 heterocycles. The Kier molecular flexibility index (Phi) is 7.71. The zero-order chi connectivity index (χ0) is 33.9. The second-order valence-corrected chi connectivity index (χ2v) is 14.6. The van der Waals surface area contributed by atoms with Crippen LogP contribution in [0.1, 0.15) is 35.2 Å². The number of phenolic OH excluding ortho intramolecular Hbond substituents is 1. The molecule has 12 heteroatoms. The maximum atomic E-state index is 14.2. The first-order chi connectivity index (χ1) is 23.7. The van der Waals surface area contributed by atoms with Gasteiger partial charge in [0.05, 0.1) is 29.4 Å². The number of ether oxygens (including phenoxy) is 1. The molecule has 0 spiro atoms. The standard InChI is InChI=1S/C37H33FN6O4S/c1-23-2-6-31(7-3-23)49(46,47)44-33(24-10-12-48-13-11-24)16-32-36(27(17-39)19-41-37(32)44)25-4-9-35(40-18-25)42-21-29-15-30(22-42)43(29)20-26-14-28(38)5-8-34(26)45/h2-10,14,16,18-19,29-30,45H,11-13,15,20-22H2,1H3. The van der Waals surface area contributed by atoms with Gasteiger partial charge in [0.1, 0.15) is 23.5 Å². The van der Waals surface area contributed by atoms with Crippen molar-refractivity contribution in [1.29, 1.82) is 5.26 Å². The lowest BCUT2D eigenvalue weighted by molar-refractivity contribution is -0.00921. The van der Waals surface area contributed by atoms with E-state index >= 15 is 0 Å². The Morgan fingerprint density at radius 3 is 2.53 bits per heavy atom. The number of anilines is 1. The van der Waals surface area contributed by atoms with Crippen LogP contribution in [-0.2, 0) is 21.3 Å². The maximum absolute atomic E-state index is 14.2. The highest BCUT2D eigenvalue weighted by molar-refractivity contribution is 7.90. The summed E-state index contributed by atoms with van der Waals surface area (Å²) in [5.41, 5.74) is 4.66. The number of nitrogens with zero attached hydrogens (tertiary/aromatic N) is 6. The first-order valence-corrected chi connectivity index (χ1v) is 17.6. The number of aromatic hydroxyl groups is 1. The molecule has 0 radical (unpaired) electrons. The lowest BCUT2D eigenvalue weighted by Crippen LogP contribution is -2.68. The van der Waals surface area contributed by atoms with E-state index in [9.17, 15) is 23.2 Å². The van der Waals surface area contributed by atoms with Crippen LogP contribution in [0.15, 0.2) is 84.0 Å². The predicted molar refractivity (Wildman–Crippen MR) is 183 cm³/mol. The van der Waals surface area contributed by atoms with E-state index in [0.717, 1.165) is 36.5 Å². The van der Waals surface area contributed by atoms with Gasteiger partial charge in [-0.25, -0.2) is 26.7 Å². The molecule has 0 saturated carbocycles. The molecule has 2 bridgehead atoms. The van der Waals surface area contributed by atoms with Crippen molar-refractivity contribution in [2.24, 2.45) is 0 Å². The Hall–Kier alpha value is -5.09. The molecule has 4 aliphatic heterocycles. The number of hydrogen-bond donors (Lipinski definition) is 1. The van der Waals surface area contributed by atoms with Crippen molar-refractivity contribution >= 4 is 32.4 Å². The highest BCUT2D eigenvalue weighted by Crippen LogP contribution is 2.40. The number of aromatic nitrogens is 3. The zero-order valence-electron chi connectivity index (χ0n) is 26.8. The van der Waals surface area contributed by atoms with Gasteiger partial charge in [-0.3, -0.25) is 4.90 Å². The summed E-state index contributed by atoms with van der Waals surface area (Å²) in [5.74, 6) is 0.530. The molecule has 4 aliphatic rings. The SMILES string of the molecule is Cc1ccc(S(=O)(=O)n2c(C3=CCOCC3)cc3c(-c4ccc(N5CC6CC(C5)N6Cc5cc(F)ccc5O)nc4)c(C#N)cnc32)cc1. The molecular weight excluding hydrogens is 644 g/mol. The van der Waals surface area contributed by atoms with Gasteiger partial charge in [-0.05, 0) is 73.9 Å². The Bertz CT molecular complexity index is 2270. The molecule has 10 nitrogen and oxygen atoms in total. The number of rotatable bonds is 7. The van der Waals surface area contributed by atoms with Crippen molar-refractivity contribution in [3.8, 4) is 22.9 Å². The highest BCUT2D eigenvalue weighted by Gasteiger charge is 2.45. The molecule has 49 heavy (non-hydrogen) atoms. The van der Waals surface area contributed by atoms with Gasteiger partial charge in [0.25, 0.3) is 10.0 Å². The maximum Gasteiger partial charge on any atom is 0.269 e. The number of piperidine rings is 1. The summed E-state index contributed by atoms with van der Waals surface area (Å²) in [5, 5.41) is 20.9.